The Bertz CT molecular complexity index is 479. The molecule has 1 aromatic rings. The predicted octanol–water partition coefficient (Wildman–Crippen LogP) is 2.45. The number of amides is 1. The highest BCUT2D eigenvalue weighted by Crippen LogP contribution is 2.31. The fourth-order valence-corrected chi connectivity index (χ4v) is 1.74. The molecule has 0 fully saturated rings. The van der Waals surface area contributed by atoms with Gasteiger partial charge in [0.2, 0.25) is 0 Å². The summed E-state index contributed by atoms with van der Waals surface area (Å²) in [5, 5.41) is 2.87. The normalized spacial score (nSPS) is 11.1. The molecule has 1 rings (SSSR count). The molecule has 112 valence electrons. The Labute approximate surface area is 120 Å². The molecule has 0 aliphatic heterocycles. The number of ether oxygens (including phenoxy) is 2. The zero-order chi connectivity index (χ0) is 15.3. The molecule has 0 radical (unpaired) electrons. The van der Waals surface area contributed by atoms with Gasteiger partial charge in [-0.1, -0.05) is 20.8 Å². The van der Waals surface area contributed by atoms with Gasteiger partial charge in [0.05, 0.1) is 19.8 Å². The van der Waals surface area contributed by atoms with Crippen LogP contribution in [0, 0.1) is 5.41 Å². The van der Waals surface area contributed by atoms with Gasteiger partial charge >= 0.3 is 0 Å². The van der Waals surface area contributed by atoms with Crippen LogP contribution in [-0.2, 0) is 0 Å². The Morgan fingerprint density at radius 2 is 1.75 bits per heavy atom. The van der Waals surface area contributed by atoms with E-state index < -0.39 is 0 Å². The van der Waals surface area contributed by atoms with Crippen molar-refractivity contribution in [2.45, 2.75) is 27.2 Å². The lowest BCUT2D eigenvalue weighted by atomic mass is 9.92. The van der Waals surface area contributed by atoms with Crippen molar-refractivity contribution in [2.75, 3.05) is 26.5 Å². The minimum atomic E-state index is -0.201. The molecule has 0 spiro atoms. The molecule has 0 bridgehead atoms. The van der Waals surface area contributed by atoms with E-state index in [4.69, 9.17) is 15.2 Å². The van der Waals surface area contributed by atoms with Gasteiger partial charge in [0, 0.05) is 18.3 Å². The first-order valence-corrected chi connectivity index (χ1v) is 6.58. The number of rotatable bonds is 5. The smallest absolute Gasteiger partial charge is 0.253 e. The number of hydrogen-bond acceptors (Lipinski definition) is 4. The Morgan fingerprint density at radius 1 is 1.20 bits per heavy atom. The van der Waals surface area contributed by atoms with E-state index in [0.29, 0.717) is 29.3 Å². The monoisotopic (exact) mass is 280 g/mol. The summed E-state index contributed by atoms with van der Waals surface area (Å²) in [6.07, 6.45) is 0.895. The van der Waals surface area contributed by atoms with Crippen LogP contribution in [0.5, 0.6) is 11.5 Å². The van der Waals surface area contributed by atoms with Crippen LogP contribution in [0.25, 0.3) is 0 Å². The van der Waals surface area contributed by atoms with Crippen LogP contribution in [-0.4, -0.2) is 26.7 Å². The summed E-state index contributed by atoms with van der Waals surface area (Å²) in [5.74, 6) is 0.798. The minimum absolute atomic E-state index is 0.177. The summed E-state index contributed by atoms with van der Waals surface area (Å²) in [6.45, 7) is 6.99. The molecule has 0 unspecified atom stereocenters. The second kappa shape index (κ2) is 6.50. The van der Waals surface area contributed by atoms with Gasteiger partial charge in [-0.3, -0.25) is 4.79 Å². The third-order valence-corrected chi connectivity index (χ3v) is 2.96. The van der Waals surface area contributed by atoms with Crippen molar-refractivity contribution in [3.05, 3.63) is 17.7 Å². The van der Waals surface area contributed by atoms with Crippen molar-refractivity contribution < 1.29 is 14.3 Å². The predicted molar refractivity (Wildman–Crippen MR) is 80.4 cm³/mol. The van der Waals surface area contributed by atoms with E-state index in [1.165, 1.54) is 14.2 Å². The van der Waals surface area contributed by atoms with Gasteiger partial charge in [0.15, 0.2) is 11.5 Å². The lowest BCUT2D eigenvalue weighted by Gasteiger charge is -2.18. The van der Waals surface area contributed by atoms with Crippen molar-refractivity contribution in [2.24, 2.45) is 5.41 Å². The van der Waals surface area contributed by atoms with Crippen molar-refractivity contribution in [3.8, 4) is 11.5 Å². The van der Waals surface area contributed by atoms with E-state index in [9.17, 15) is 4.79 Å². The van der Waals surface area contributed by atoms with Crippen LogP contribution in [0.4, 0.5) is 5.69 Å². The van der Waals surface area contributed by atoms with Gasteiger partial charge < -0.3 is 20.5 Å². The molecule has 0 aliphatic rings. The molecule has 3 N–H and O–H groups in total. The van der Waals surface area contributed by atoms with E-state index in [2.05, 4.69) is 26.1 Å². The number of anilines is 1. The minimum Gasteiger partial charge on any atom is -0.493 e. The fraction of sp³-hybridized carbons (Fsp3) is 0.533. The maximum atomic E-state index is 12.1. The summed E-state index contributed by atoms with van der Waals surface area (Å²) in [4.78, 5) is 12.1. The van der Waals surface area contributed by atoms with Gasteiger partial charge in [-0.15, -0.1) is 0 Å². The molecule has 0 atom stereocenters. The number of benzene rings is 1. The first-order valence-electron chi connectivity index (χ1n) is 6.58. The number of nitrogens with two attached hydrogens (primary N) is 1. The largest absolute Gasteiger partial charge is 0.493 e. The quantitative estimate of drug-likeness (QED) is 0.813. The molecule has 0 aliphatic carbocycles. The third-order valence-electron chi connectivity index (χ3n) is 2.96. The molecule has 1 aromatic carbocycles. The average Bonchev–Trinajstić information content (AvgIpc) is 2.36. The molecular weight excluding hydrogens is 256 g/mol. The Hall–Kier alpha value is -1.91. The van der Waals surface area contributed by atoms with Gasteiger partial charge in [-0.05, 0) is 17.9 Å². The van der Waals surface area contributed by atoms with Crippen molar-refractivity contribution in [1.82, 2.24) is 5.32 Å². The van der Waals surface area contributed by atoms with Crippen LogP contribution in [0.2, 0.25) is 0 Å². The molecule has 0 saturated carbocycles. The molecule has 5 nitrogen and oxygen atoms in total. The van der Waals surface area contributed by atoms with Crippen LogP contribution in [0.3, 0.4) is 0 Å². The fourth-order valence-electron chi connectivity index (χ4n) is 1.74. The molecule has 0 aromatic heterocycles. The van der Waals surface area contributed by atoms with Gasteiger partial charge in [0.25, 0.3) is 5.91 Å². The van der Waals surface area contributed by atoms with Crippen LogP contribution in [0.15, 0.2) is 12.1 Å². The number of nitrogen functional groups attached to an aromatic ring is 1. The number of carbonyl (C=O) groups excluding carboxylic acids is 1. The van der Waals surface area contributed by atoms with Gasteiger partial charge in [0.1, 0.15) is 0 Å². The van der Waals surface area contributed by atoms with Crippen molar-refractivity contribution in [3.63, 3.8) is 0 Å². The first-order chi connectivity index (χ1) is 9.28. The molecule has 20 heavy (non-hydrogen) atoms. The zero-order valence-corrected chi connectivity index (χ0v) is 12.9. The average molecular weight is 280 g/mol. The summed E-state index contributed by atoms with van der Waals surface area (Å²) in [5.41, 5.74) is 6.83. The zero-order valence-electron chi connectivity index (χ0n) is 12.9. The SMILES string of the molecule is COc1cc(N)c(C(=O)NCCC(C)(C)C)cc1OC. The maximum absolute atomic E-state index is 12.1. The molecule has 5 heteroatoms. The highest BCUT2D eigenvalue weighted by Gasteiger charge is 2.16. The van der Waals surface area contributed by atoms with E-state index in [0.717, 1.165) is 6.42 Å². The van der Waals surface area contributed by atoms with Crippen LogP contribution >= 0.6 is 0 Å². The number of hydrogen-bond donors (Lipinski definition) is 2. The van der Waals surface area contributed by atoms with Crippen LogP contribution < -0.4 is 20.5 Å². The number of nitrogens with one attached hydrogen (secondary N) is 1. The maximum Gasteiger partial charge on any atom is 0.253 e. The Kier molecular flexibility index (Phi) is 5.25. The summed E-state index contributed by atoms with van der Waals surface area (Å²) >= 11 is 0. The van der Waals surface area contributed by atoms with Crippen molar-refractivity contribution in [1.29, 1.82) is 0 Å². The van der Waals surface area contributed by atoms with E-state index in [1.54, 1.807) is 12.1 Å². The summed E-state index contributed by atoms with van der Waals surface area (Å²) in [7, 11) is 3.05. The Morgan fingerprint density at radius 3 is 2.25 bits per heavy atom. The van der Waals surface area contributed by atoms with Crippen molar-refractivity contribution >= 4 is 11.6 Å². The number of carbonyl (C=O) groups is 1. The molecule has 1 amide bonds. The standard InChI is InChI=1S/C15H24N2O3/c1-15(2,3)6-7-17-14(18)10-8-12(19-4)13(20-5)9-11(10)16/h8-9H,6-7,16H2,1-5H3,(H,17,18). The van der Waals surface area contributed by atoms with Gasteiger partial charge in [-0.2, -0.15) is 0 Å². The van der Waals surface area contributed by atoms with E-state index >= 15 is 0 Å². The lowest BCUT2D eigenvalue weighted by molar-refractivity contribution is 0.0950. The topological polar surface area (TPSA) is 73.6 Å². The highest BCUT2D eigenvalue weighted by molar-refractivity contribution is 6.00. The molecule has 0 heterocycles. The number of methoxy groups -OCH3 is 2. The Balaban J connectivity index is 2.82. The van der Waals surface area contributed by atoms with Gasteiger partial charge in [-0.25, -0.2) is 0 Å². The highest BCUT2D eigenvalue weighted by atomic mass is 16.5. The lowest BCUT2D eigenvalue weighted by Crippen LogP contribution is -2.28. The second-order valence-corrected chi connectivity index (χ2v) is 5.86. The third kappa shape index (κ3) is 4.33. The van der Waals surface area contributed by atoms with E-state index in [1.807, 2.05) is 0 Å². The first kappa shape index (κ1) is 16.1. The molecular formula is C15H24N2O3. The van der Waals surface area contributed by atoms with Crippen LogP contribution in [0.1, 0.15) is 37.6 Å². The second-order valence-electron chi connectivity index (χ2n) is 5.86. The summed E-state index contributed by atoms with van der Waals surface area (Å²) in [6, 6.07) is 3.19. The van der Waals surface area contributed by atoms with E-state index in [-0.39, 0.29) is 11.3 Å². The molecule has 0 saturated heterocycles. The summed E-state index contributed by atoms with van der Waals surface area (Å²) < 4.78 is 10.3.